The molecule has 0 spiro atoms. The van der Waals surface area contributed by atoms with Gasteiger partial charge in [0.25, 0.3) is 0 Å². The Hall–Kier alpha value is -3.16. The lowest BCUT2D eigenvalue weighted by molar-refractivity contribution is 0.520. The molecule has 0 atom stereocenters. The molecule has 0 fully saturated rings. The fourth-order valence-corrected chi connectivity index (χ4v) is 2.71. The average molecular weight is 548 g/mol. The van der Waals surface area contributed by atoms with Crippen LogP contribution in [0.3, 0.4) is 0 Å². The van der Waals surface area contributed by atoms with Crippen LogP contribution in [0.5, 0.6) is 0 Å². The summed E-state index contributed by atoms with van der Waals surface area (Å²) in [6.07, 6.45) is 11.4. The molecule has 0 N–H and O–H groups in total. The third-order valence-electron chi connectivity index (χ3n) is 5.00. The summed E-state index contributed by atoms with van der Waals surface area (Å²) in [6, 6.07) is 4.47. The summed E-state index contributed by atoms with van der Waals surface area (Å²) in [5, 5.41) is 12.3. The first-order valence-electron chi connectivity index (χ1n) is 12.3. The first-order chi connectivity index (χ1) is 16.4. The van der Waals surface area contributed by atoms with Crippen LogP contribution in [0, 0.1) is 6.92 Å². The number of nitrogens with zero attached hydrogens (tertiary/aromatic N) is 7. The molecule has 0 aromatic carbocycles. The molecule has 0 aliphatic heterocycles. The highest BCUT2D eigenvalue weighted by Gasteiger charge is 2.02. The van der Waals surface area contributed by atoms with Crippen molar-refractivity contribution in [3.8, 4) is 0 Å². The van der Waals surface area contributed by atoms with E-state index in [4.69, 9.17) is 4.42 Å². The fourth-order valence-electron chi connectivity index (χ4n) is 2.71. The maximum absolute atomic E-state index is 5.01. The van der Waals surface area contributed by atoms with Crippen LogP contribution in [0.25, 0.3) is 0 Å². The third kappa shape index (κ3) is 17.1. The van der Waals surface area contributed by atoms with Gasteiger partial charge in [-0.1, -0.05) is 71.2 Å². The van der Waals surface area contributed by atoms with Gasteiger partial charge in [0, 0.05) is 51.8 Å². The van der Waals surface area contributed by atoms with E-state index in [9.17, 15) is 0 Å². The van der Waals surface area contributed by atoms with Crippen LogP contribution in [0.15, 0.2) is 53.8 Å². The van der Waals surface area contributed by atoms with Crippen molar-refractivity contribution in [2.24, 2.45) is 14.1 Å². The minimum absolute atomic E-state index is 0. The quantitative estimate of drug-likeness (QED) is 0.254. The summed E-state index contributed by atoms with van der Waals surface area (Å²) >= 11 is 0. The van der Waals surface area contributed by atoms with Crippen LogP contribution in [0.2, 0.25) is 0 Å². The Labute approximate surface area is 240 Å². The van der Waals surface area contributed by atoms with E-state index in [1.165, 1.54) is 5.56 Å². The molecular weight excluding hydrogens is 486 g/mol. The van der Waals surface area contributed by atoms with Crippen LogP contribution in [0.4, 0.5) is 0 Å². The second kappa shape index (κ2) is 21.7. The van der Waals surface area contributed by atoms with Crippen molar-refractivity contribution in [2.75, 3.05) is 0 Å². The fraction of sp³-hybridized carbons (Fsp3) is 0.613. The molecular formula is C31H61N7O. The lowest BCUT2D eigenvalue weighted by Gasteiger charge is -2.01. The van der Waals surface area contributed by atoms with E-state index in [2.05, 4.69) is 75.7 Å². The zero-order chi connectivity index (χ0) is 26.5. The number of hydrogen-bond acceptors (Lipinski definition) is 5. The summed E-state index contributed by atoms with van der Waals surface area (Å²) in [5.74, 6) is 2.37. The average Bonchev–Trinajstić information content (AvgIpc) is 3.57. The Morgan fingerprint density at radius 1 is 0.744 bits per heavy atom. The van der Waals surface area contributed by atoms with Crippen molar-refractivity contribution >= 4 is 0 Å². The van der Waals surface area contributed by atoms with Crippen molar-refractivity contribution in [3.05, 3.63) is 72.2 Å². The Balaban J connectivity index is -0.000000203. The van der Waals surface area contributed by atoms with Crippen molar-refractivity contribution < 1.29 is 4.42 Å². The van der Waals surface area contributed by atoms with Crippen LogP contribution in [0.1, 0.15) is 132 Å². The molecule has 4 aromatic heterocycles. The molecule has 0 saturated carbocycles. The molecule has 0 radical (unpaired) electrons. The minimum Gasteiger partial charge on any atom is -0.449 e. The van der Waals surface area contributed by atoms with Gasteiger partial charge in [-0.15, -0.1) is 0 Å². The maximum atomic E-state index is 5.01. The van der Waals surface area contributed by atoms with Crippen LogP contribution >= 0.6 is 0 Å². The van der Waals surface area contributed by atoms with E-state index in [1.54, 1.807) is 12.5 Å². The zero-order valence-electron chi connectivity index (χ0n) is 23.5. The molecule has 4 heterocycles. The largest absolute Gasteiger partial charge is 0.449 e. The first kappa shape index (κ1) is 42.9. The highest BCUT2D eigenvalue weighted by atomic mass is 16.3. The van der Waals surface area contributed by atoms with E-state index < -0.39 is 0 Å². The SMILES string of the molecule is C.C.C.C.CC(C)c1ccn(C)n1.CC(C)c1cnn(C)c1.CC(C)n1cccn1.Cc1nc(C(C)C)co1. The normalized spacial score (nSPS) is 9.51. The Morgan fingerprint density at radius 2 is 1.33 bits per heavy atom. The van der Waals surface area contributed by atoms with Gasteiger partial charge in [-0.2, -0.15) is 15.3 Å². The summed E-state index contributed by atoms with van der Waals surface area (Å²) in [4.78, 5) is 4.14. The molecule has 4 aromatic rings. The van der Waals surface area contributed by atoms with Gasteiger partial charge in [0.05, 0.1) is 17.6 Å². The highest BCUT2D eigenvalue weighted by molar-refractivity contribution is 5.08. The third-order valence-corrected chi connectivity index (χ3v) is 5.00. The predicted octanol–water partition coefficient (Wildman–Crippen LogP) is 9.20. The summed E-state index contributed by atoms with van der Waals surface area (Å²) in [5.41, 5.74) is 3.50. The number of aromatic nitrogens is 7. The van der Waals surface area contributed by atoms with Gasteiger partial charge in [0.1, 0.15) is 6.26 Å². The van der Waals surface area contributed by atoms with Gasteiger partial charge >= 0.3 is 0 Å². The Kier molecular flexibility index (Phi) is 23.9. The van der Waals surface area contributed by atoms with Crippen LogP contribution in [-0.4, -0.2) is 34.3 Å². The highest BCUT2D eigenvalue weighted by Crippen LogP contribution is 2.12. The monoisotopic (exact) mass is 547 g/mol. The number of rotatable bonds is 4. The Morgan fingerprint density at radius 3 is 1.54 bits per heavy atom. The smallest absolute Gasteiger partial charge is 0.191 e. The summed E-state index contributed by atoms with van der Waals surface area (Å²) in [7, 11) is 3.87. The molecule has 0 bridgehead atoms. The van der Waals surface area contributed by atoms with Crippen LogP contribution < -0.4 is 0 Å². The molecule has 0 aliphatic rings. The van der Waals surface area contributed by atoms with Gasteiger partial charge in [-0.25, -0.2) is 4.98 Å². The van der Waals surface area contributed by atoms with Crippen LogP contribution in [-0.2, 0) is 14.1 Å². The molecule has 0 aliphatic carbocycles. The van der Waals surface area contributed by atoms with E-state index in [0.29, 0.717) is 23.8 Å². The maximum Gasteiger partial charge on any atom is 0.191 e. The minimum atomic E-state index is 0. The molecule has 0 amide bonds. The topological polar surface area (TPSA) is 79.5 Å². The zero-order valence-corrected chi connectivity index (χ0v) is 23.5. The lowest BCUT2D eigenvalue weighted by atomic mass is 10.1. The van der Waals surface area contributed by atoms with Gasteiger partial charge in [0.15, 0.2) is 5.89 Å². The van der Waals surface area contributed by atoms with Gasteiger partial charge in [-0.05, 0) is 49.3 Å². The van der Waals surface area contributed by atoms with Crippen molar-refractivity contribution in [3.63, 3.8) is 0 Å². The van der Waals surface area contributed by atoms with Gasteiger partial charge < -0.3 is 4.42 Å². The predicted molar refractivity (Wildman–Crippen MR) is 169 cm³/mol. The van der Waals surface area contributed by atoms with E-state index in [0.717, 1.165) is 17.3 Å². The summed E-state index contributed by atoms with van der Waals surface area (Å²) in [6.45, 7) is 18.9. The number of hydrogen-bond donors (Lipinski definition) is 0. The second-order valence-corrected chi connectivity index (χ2v) is 9.70. The number of aryl methyl sites for hydroxylation is 3. The molecule has 8 nitrogen and oxygen atoms in total. The van der Waals surface area contributed by atoms with E-state index in [-0.39, 0.29) is 29.7 Å². The van der Waals surface area contributed by atoms with E-state index in [1.807, 2.05) is 72.0 Å². The second-order valence-electron chi connectivity index (χ2n) is 9.70. The standard InChI is InChI=1S/2C7H12N2.C7H11NO.C6H10N2.4CH4/c1-6(2)7-4-8-9(3)5-7;1-6(2)7-4-5-9(3)8-7;1-5(2)7-4-9-6(3)8-7;1-6(2)8-5-3-4-7-8;;;;/h2*4-6H,1-3H3;4-5H,1-3H3;3-6H,1-2H3;4*1H4. The summed E-state index contributed by atoms with van der Waals surface area (Å²) < 4.78 is 10.6. The van der Waals surface area contributed by atoms with Gasteiger partial charge in [-0.3, -0.25) is 14.0 Å². The molecule has 39 heavy (non-hydrogen) atoms. The molecule has 8 heteroatoms. The Bertz CT molecular complexity index is 949. The molecule has 226 valence electrons. The van der Waals surface area contributed by atoms with Crippen molar-refractivity contribution in [2.45, 2.75) is 116 Å². The first-order valence-corrected chi connectivity index (χ1v) is 12.3. The molecule has 0 saturated heterocycles. The van der Waals surface area contributed by atoms with Gasteiger partial charge in [0.2, 0.25) is 0 Å². The number of oxazole rings is 1. The van der Waals surface area contributed by atoms with Crippen molar-refractivity contribution in [1.82, 2.24) is 34.3 Å². The molecule has 4 rings (SSSR count). The van der Waals surface area contributed by atoms with E-state index >= 15 is 0 Å². The van der Waals surface area contributed by atoms with Crippen molar-refractivity contribution in [1.29, 1.82) is 0 Å². The lowest BCUT2D eigenvalue weighted by Crippen LogP contribution is -1.99. The molecule has 0 unspecified atom stereocenters.